The van der Waals surface area contributed by atoms with Gasteiger partial charge in [-0.05, 0) is 5.46 Å². The van der Waals surface area contributed by atoms with Crippen molar-refractivity contribution >= 4 is 12.6 Å². The van der Waals surface area contributed by atoms with Gasteiger partial charge in [0.05, 0.1) is 11.9 Å². The molecule has 0 aliphatic carbocycles. The second-order valence-electron chi connectivity index (χ2n) is 3.09. The Morgan fingerprint density at radius 2 is 2.00 bits per heavy atom. The molecule has 5 heteroatoms. The van der Waals surface area contributed by atoms with E-state index in [-0.39, 0.29) is 0 Å². The van der Waals surface area contributed by atoms with E-state index in [1.807, 2.05) is 6.07 Å². The van der Waals surface area contributed by atoms with Crippen LogP contribution in [-0.4, -0.2) is 27.1 Å². The molecule has 1 heterocycles. The van der Waals surface area contributed by atoms with Crippen molar-refractivity contribution in [1.82, 2.24) is 9.97 Å². The molecule has 4 nitrogen and oxygen atoms in total. The predicted molar refractivity (Wildman–Crippen MR) is 57.3 cm³/mol. The Balaban J connectivity index is 2.42. The van der Waals surface area contributed by atoms with Gasteiger partial charge in [0.15, 0.2) is 0 Å². The first kappa shape index (κ1) is 9.83. The maximum absolute atomic E-state index is 9.01. The third-order valence-electron chi connectivity index (χ3n) is 2.04. The summed E-state index contributed by atoms with van der Waals surface area (Å²) >= 11 is 0. The van der Waals surface area contributed by atoms with E-state index in [4.69, 9.17) is 10.0 Å². The van der Waals surface area contributed by atoms with Gasteiger partial charge in [-0.15, -0.1) is 0 Å². The molecular formula is C10H9BN2O2. The van der Waals surface area contributed by atoms with Crippen molar-refractivity contribution in [3.05, 3.63) is 42.9 Å². The minimum Gasteiger partial charge on any atom is -0.423 e. The van der Waals surface area contributed by atoms with Crippen molar-refractivity contribution in [1.29, 1.82) is 0 Å². The second kappa shape index (κ2) is 4.21. The SMILES string of the molecule is OB(O)c1cccc(-c2cnccn2)c1. The lowest BCUT2D eigenvalue weighted by Crippen LogP contribution is -2.29. The first-order valence-corrected chi connectivity index (χ1v) is 4.50. The van der Waals surface area contributed by atoms with Crippen molar-refractivity contribution in [2.75, 3.05) is 0 Å². The van der Waals surface area contributed by atoms with Gasteiger partial charge in [-0.3, -0.25) is 9.97 Å². The Morgan fingerprint density at radius 1 is 1.13 bits per heavy atom. The third kappa shape index (κ3) is 2.20. The van der Waals surface area contributed by atoms with Gasteiger partial charge in [0.2, 0.25) is 0 Å². The highest BCUT2D eigenvalue weighted by atomic mass is 16.4. The molecule has 74 valence electrons. The normalized spacial score (nSPS) is 10.0. The smallest absolute Gasteiger partial charge is 0.423 e. The first-order valence-electron chi connectivity index (χ1n) is 4.50. The summed E-state index contributed by atoms with van der Waals surface area (Å²) in [5.41, 5.74) is 1.96. The molecule has 1 aromatic carbocycles. The van der Waals surface area contributed by atoms with Gasteiger partial charge in [-0.1, -0.05) is 24.3 Å². The molecular weight excluding hydrogens is 191 g/mol. The Labute approximate surface area is 87.4 Å². The number of rotatable bonds is 2. The highest BCUT2D eigenvalue weighted by Gasteiger charge is 2.11. The molecule has 15 heavy (non-hydrogen) atoms. The molecule has 0 aliphatic heterocycles. The van der Waals surface area contributed by atoms with Gasteiger partial charge < -0.3 is 10.0 Å². The molecule has 0 saturated carbocycles. The largest absolute Gasteiger partial charge is 0.488 e. The highest BCUT2D eigenvalue weighted by Crippen LogP contribution is 2.12. The zero-order valence-corrected chi connectivity index (χ0v) is 7.91. The topological polar surface area (TPSA) is 66.2 Å². The summed E-state index contributed by atoms with van der Waals surface area (Å²) in [6, 6.07) is 6.91. The summed E-state index contributed by atoms with van der Waals surface area (Å²) in [6.45, 7) is 0. The van der Waals surface area contributed by atoms with E-state index in [1.165, 1.54) is 0 Å². The molecule has 0 saturated heterocycles. The average molecular weight is 200 g/mol. The van der Waals surface area contributed by atoms with Crippen molar-refractivity contribution in [2.45, 2.75) is 0 Å². The molecule has 0 aliphatic rings. The molecule has 0 spiro atoms. The van der Waals surface area contributed by atoms with E-state index in [1.54, 1.807) is 36.8 Å². The first-order chi connectivity index (χ1) is 7.27. The lowest BCUT2D eigenvalue weighted by molar-refractivity contribution is 0.426. The lowest BCUT2D eigenvalue weighted by Gasteiger charge is -2.03. The van der Waals surface area contributed by atoms with Gasteiger partial charge in [-0.25, -0.2) is 0 Å². The molecule has 0 amide bonds. The summed E-state index contributed by atoms with van der Waals surface area (Å²) in [5.74, 6) is 0. The van der Waals surface area contributed by atoms with Gasteiger partial charge in [0.25, 0.3) is 0 Å². The Morgan fingerprint density at radius 3 is 2.67 bits per heavy atom. The van der Waals surface area contributed by atoms with Gasteiger partial charge in [0.1, 0.15) is 0 Å². The molecule has 1 aromatic heterocycles. The predicted octanol–water partition coefficient (Wildman–Crippen LogP) is -0.177. The quantitative estimate of drug-likeness (QED) is 0.660. The minimum atomic E-state index is -1.46. The van der Waals surface area contributed by atoms with E-state index in [2.05, 4.69) is 9.97 Å². The summed E-state index contributed by atoms with van der Waals surface area (Å²) in [4.78, 5) is 8.07. The van der Waals surface area contributed by atoms with Crippen LogP contribution in [0.4, 0.5) is 0 Å². The summed E-state index contributed by atoms with van der Waals surface area (Å²) in [5, 5.41) is 18.0. The zero-order valence-electron chi connectivity index (χ0n) is 7.91. The monoisotopic (exact) mass is 200 g/mol. The van der Waals surface area contributed by atoms with Crippen LogP contribution in [0.2, 0.25) is 0 Å². The maximum atomic E-state index is 9.01. The van der Waals surface area contributed by atoms with Crippen LogP contribution in [0.3, 0.4) is 0 Å². The van der Waals surface area contributed by atoms with Crippen molar-refractivity contribution in [2.24, 2.45) is 0 Å². The Kier molecular flexibility index (Phi) is 2.76. The molecule has 2 N–H and O–H groups in total. The summed E-state index contributed by atoms with van der Waals surface area (Å²) in [7, 11) is -1.46. The average Bonchev–Trinajstić information content (AvgIpc) is 2.30. The van der Waals surface area contributed by atoms with Crippen LogP contribution in [0.1, 0.15) is 0 Å². The molecule has 0 atom stereocenters. The van der Waals surface area contributed by atoms with Gasteiger partial charge in [-0.2, -0.15) is 0 Å². The van der Waals surface area contributed by atoms with Crippen LogP contribution in [0.25, 0.3) is 11.3 Å². The van der Waals surface area contributed by atoms with Crippen LogP contribution < -0.4 is 5.46 Å². The molecule has 0 fully saturated rings. The summed E-state index contributed by atoms with van der Waals surface area (Å²) in [6.07, 6.45) is 4.81. The zero-order chi connectivity index (χ0) is 10.7. The fraction of sp³-hybridized carbons (Fsp3) is 0. The molecule has 2 rings (SSSR count). The fourth-order valence-electron chi connectivity index (χ4n) is 1.31. The van der Waals surface area contributed by atoms with E-state index in [9.17, 15) is 0 Å². The molecule has 0 radical (unpaired) electrons. The van der Waals surface area contributed by atoms with E-state index in [0.29, 0.717) is 11.2 Å². The fourth-order valence-corrected chi connectivity index (χ4v) is 1.31. The van der Waals surface area contributed by atoms with Gasteiger partial charge >= 0.3 is 7.12 Å². The minimum absolute atomic E-state index is 0.443. The number of nitrogens with zero attached hydrogens (tertiary/aromatic N) is 2. The van der Waals surface area contributed by atoms with E-state index >= 15 is 0 Å². The maximum Gasteiger partial charge on any atom is 0.488 e. The molecule has 2 aromatic rings. The number of aromatic nitrogens is 2. The highest BCUT2D eigenvalue weighted by molar-refractivity contribution is 6.58. The third-order valence-corrected chi connectivity index (χ3v) is 2.04. The van der Waals surface area contributed by atoms with Crippen LogP contribution in [-0.2, 0) is 0 Å². The van der Waals surface area contributed by atoms with Crippen molar-refractivity contribution in [3.63, 3.8) is 0 Å². The molecule has 0 bridgehead atoms. The molecule has 0 unspecified atom stereocenters. The van der Waals surface area contributed by atoms with Crippen LogP contribution in [0.15, 0.2) is 42.9 Å². The van der Waals surface area contributed by atoms with Crippen LogP contribution in [0, 0.1) is 0 Å². The standard InChI is InChI=1S/C10H9BN2O2/c14-11(15)9-3-1-2-8(6-9)10-7-12-4-5-13-10/h1-7,14-15H. The van der Waals surface area contributed by atoms with E-state index < -0.39 is 7.12 Å². The van der Waals surface area contributed by atoms with Crippen molar-refractivity contribution in [3.8, 4) is 11.3 Å². The Hall–Kier alpha value is -1.72. The van der Waals surface area contributed by atoms with E-state index in [0.717, 1.165) is 5.56 Å². The number of hydrogen-bond donors (Lipinski definition) is 2. The second-order valence-corrected chi connectivity index (χ2v) is 3.09. The van der Waals surface area contributed by atoms with Gasteiger partial charge in [0, 0.05) is 18.0 Å². The number of hydrogen-bond acceptors (Lipinski definition) is 4. The van der Waals surface area contributed by atoms with Crippen LogP contribution in [0.5, 0.6) is 0 Å². The lowest BCUT2D eigenvalue weighted by atomic mass is 9.79. The van der Waals surface area contributed by atoms with Crippen LogP contribution >= 0.6 is 0 Å². The Bertz CT molecular complexity index is 448. The number of benzene rings is 1. The van der Waals surface area contributed by atoms with Crippen molar-refractivity contribution < 1.29 is 10.0 Å². The summed E-state index contributed by atoms with van der Waals surface area (Å²) < 4.78 is 0.